The van der Waals surface area contributed by atoms with Gasteiger partial charge in [-0.2, -0.15) is 0 Å². The van der Waals surface area contributed by atoms with E-state index in [9.17, 15) is 44.4 Å². The first-order valence-electron chi connectivity index (χ1n) is 19.4. The predicted octanol–water partition coefficient (Wildman–Crippen LogP) is 3.01. The highest BCUT2D eigenvalue weighted by molar-refractivity contribution is 5.95. The highest BCUT2D eigenvalue weighted by Gasteiger charge is 2.89. The Morgan fingerprint density at radius 1 is 0.966 bits per heavy atom. The van der Waals surface area contributed by atoms with Gasteiger partial charge in [-0.05, 0) is 63.5 Å². The van der Waals surface area contributed by atoms with Crippen molar-refractivity contribution in [2.75, 3.05) is 6.61 Å². The second-order valence-corrected chi connectivity index (χ2v) is 17.8. The van der Waals surface area contributed by atoms with E-state index in [0.717, 1.165) is 0 Å². The highest BCUT2D eigenvalue weighted by Crippen LogP contribution is 2.76. The number of ether oxygens (including phenoxy) is 5. The van der Waals surface area contributed by atoms with E-state index in [2.05, 4.69) is 5.32 Å². The molecule has 5 aliphatic carbocycles. The number of aliphatic hydroxyl groups is 4. The molecule has 1 amide bonds. The van der Waals surface area contributed by atoms with E-state index in [-0.39, 0.29) is 36.2 Å². The first kappa shape index (κ1) is 41.5. The van der Waals surface area contributed by atoms with Crippen LogP contribution in [0.15, 0.2) is 71.8 Å². The lowest BCUT2D eigenvalue weighted by Crippen LogP contribution is -2.91. The average Bonchev–Trinajstić information content (AvgIpc) is 3.15. The quantitative estimate of drug-likeness (QED) is 0.147. The molecule has 312 valence electrons. The van der Waals surface area contributed by atoms with Crippen LogP contribution in [-0.2, 0) is 38.1 Å². The van der Waals surface area contributed by atoms with Crippen molar-refractivity contribution in [2.24, 2.45) is 16.7 Å². The molecule has 0 spiro atoms. The van der Waals surface area contributed by atoms with Crippen LogP contribution in [-0.4, -0.2) is 110 Å². The molecule has 5 N–H and O–H groups in total. The molecule has 58 heavy (non-hydrogen) atoms. The third-order valence-corrected chi connectivity index (χ3v) is 13.3. The summed E-state index contributed by atoms with van der Waals surface area (Å²) in [6.07, 6.45) is -9.74. The fourth-order valence-electron chi connectivity index (χ4n) is 10.8. The van der Waals surface area contributed by atoms with E-state index in [0.29, 0.717) is 5.56 Å². The van der Waals surface area contributed by atoms with Gasteiger partial charge in [0.15, 0.2) is 23.1 Å². The van der Waals surface area contributed by atoms with Crippen molar-refractivity contribution >= 4 is 29.8 Å². The lowest BCUT2D eigenvalue weighted by molar-refractivity contribution is -0.403. The fourth-order valence-corrected chi connectivity index (χ4v) is 10.8. The van der Waals surface area contributed by atoms with Gasteiger partial charge in [-0.25, -0.2) is 14.4 Å². The number of benzene rings is 2. The van der Waals surface area contributed by atoms with Gasteiger partial charge in [0.2, 0.25) is 0 Å². The van der Waals surface area contributed by atoms with Crippen LogP contribution in [0.1, 0.15) is 89.7 Å². The van der Waals surface area contributed by atoms with E-state index < -0.39 is 112 Å². The van der Waals surface area contributed by atoms with Crippen LogP contribution in [0.4, 0.5) is 4.79 Å². The number of rotatable bonds is 8. The van der Waals surface area contributed by atoms with Crippen LogP contribution < -0.4 is 5.32 Å². The van der Waals surface area contributed by atoms with Gasteiger partial charge >= 0.3 is 24.0 Å². The van der Waals surface area contributed by atoms with Gasteiger partial charge in [0, 0.05) is 31.6 Å². The number of amides is 1. The Morgan fingerprint density at radius 3 is 2.16 bits per heavy atom. The van der Waals surface area contributed by atoms with Crippen molar-refractivity contribution in [3.8, 4) is 0 Å². The van der Waals surface area contributed by atoms with Gasteiger partial charge in [-0.1, -0.05) is 55.5 Å². The second kappa shape index (κ2) is 14.0. The van der Waals surface area contributed by atoms with Crippen molar-refractivity contribution in [1.82, 2.24) is 5.32 Å². The molecule has 5 fully saturated rings. The maximum absolute atomic E-state index is 15.0. The number of esters is 3. The Hall–Kier alpha value is -4.67. The number of fused-ring (bicyclic) bond motifs is 2. The van der Waals surface area contributed by atoms with E-state index in [1.807, 2.05) is 0 Å². The predicted molar refractivity (Wildman–Crippen MR) is 201 cm³/mol. The molecule has 12 atom stereocenters. The first-order valence-corrected chi connectivity index (χ1v) is 19.4. The van der Waals surface area contributed by atoms with Crippen LogP contribution in [0.25, 0.3) is 0 Å². The van der Waals surface area contributed by atoms with Crippen molar-refractivity contribution < 1.29 is 68.1 Å². The van der Waals surface area contributed by atoms with Gasteiger partial charge in [-0.15, -0.1) is 0 Å². The number of nitrogens with one attached hydrogen (secondary N) is 1. The molecular weight excluding hydrogens is 754 g/mol. The zero-order valence-corrected chi connectivity index (χ0v) is 33.5. The lowest BCUT2D eigenvalue weighted by atomic mass is 9.31. The number of hydrogen-bond acceptors (Lipinski definition) is 14. The Bertz CT molecular complexity index is 2050. The Morgan fingerprint density at radius 2 is 1.59 bits per heavy atom. The number of hydrogen-bond donors (Lipinski definition) is 5. The van der Waals surface area contributed by atoms with E-state index >= 15 is 0 Å². The number of aliphatic hydroxyl groups excluding tert-OH is 3. The fraction of sp³-hybridized carbons (Fsp3) is 0.558. The summed E-state index contributed by atoms with van der Waals surface area (Å²) < 4.78 is 29.8. The van der Waals surface area contributed by atoms with Crippen molar-refractivity contribution in [1.29, 1.82) is 0 Å². The minimum atomic E-state index is -2.28. The van der Waals surface area contributed by atoms with Gasteiger partial charge in [0.1, 0.15) is 29.5 Å². The van der Waals surface area contributed by atoms with Crippen molar-refractivity contribution in [3.05, 3.63) is 82.9 Å². The van der Waals surface area contributed by atoms with Crippen LogP contribution in [0.3, 0.4) is 0 Å². The molecule has 4 bridgehead atoms. The van der Waals surface area contributed by atoms with Gasteiger partial charge in [-0.3, -0.25) is 9.59 Å². The molecular formula is C43H51NO14. The standard InChI is InChI=1S/C43H51NO14/c1-22-26(55-35(51)32(48)30(24-14-10-8-11-15-24)44-37(52)58-38(3,4)5)19-43(53)39(6)20-42(43,57-34(50)25-16-12-9-13-17-25)36-40(7,33(49)31(47)29(22)39)27(46)18-28-41(36,21-54-28)56-23(2)45/h8-17,26-28,30-32,36,46-48,53H,18-21H2,1-7H3,(H,44,52)/t26-,27-,28+,30-,31+,32+,36-,39?,40-,41-,42+,43-/m0/s1. The monoisotopic (exact) mass is 805 g/mol. The zero-order chi connectivity index (χ0) is 42.4. The molecule has 15 nitrogen and oxygen atoms in total. The summed E-state index contributed by atoms with van der Waals surface area (Å²) in [5, 5.41) is 51.7. The lowest BCUT2D eigenvalue weighted by Gasteiger charge is -2.77. The maximum atomic E-state index is 15.0. The van der Waals surface area contributed by atoms with Crippen molar-refractivity contribution in [3.63, 3.8) is 0 Å². The Kier molecular flexibility index (Phi) is 10.00. The Balaban J connectivity index is 1.35. The number of ketones is 1. The van der Waals surface area contributed by atoms with Gasteiger partial charge < -0.3 is 49.4 Å². The molecule has 0 aromatic heterocycles. The molecule has 2 aromatic rings. The largest absolute Gasteiger partial charge is 0.456 e. The smallest absolute Gasteiger partial charge is 0.408 e. The molecule has 1 heterocycles. The molecule has 4 saturated carbocycles. The summed E-state index contributed by atoms with van der Waals surface area (Å²) >= 11 is 0. The zero-order valence-electron chi connectivity index (χ0n) is 33.5. The molecule has 8 rings (SSSR count). The number of alkyl carbamates (subject to hydrolysis) is 1. The molecule has 0 radical (unpaired) electrons. The summed E-state index contributed by atoms with van der Waals surface area (Å²) in [7, 11) is 0. The van der Waals surface area contributed by atoms with Crippen LogP contribution in [0, 0.1) is 16.7 Å². The number of carbonyl (C=O) groups excluding carboxylic acids is 5. The molecule has 6 aliphatic rings. The molecule has 1 unspecified atom stereocenters. The third-order valence-electron chi connectivity index (χ3n) is 13.3. The average molecular weight is 806 g/mol. The summed E-state index contributed by atoms with van der Waals surface area (Å²) in [4.78, 5) is 69.1. The molecule has 1 saturated heterocycles. The summed E-state index contributed by atoms with van der Waals surface area (Å²) in [6.45, 7) is 10.4. The molecule has 2 aromatic carbocycles. The minimum absolute atomic E-state index is 0.00296. The SMILES string of the molecule is CC(=O)O[C@@]12CO[C@@H]1C[C@H](O)[C@@]1(C)C(=O)[C@H](O)C3=C(C)[C@@H](OC(=O)[C@H](O)[C@@H](NC(=O)OC(C)(C)C)c4ccccc4)C[C@]4(O)C3(C)C[C@@]4(OC(=O)c3ccccc3)[C@H]21. The van der Waals surface area contributed by atoms with Crippen LogP contribution >= 0.6 is 0 Å². The van der Waals surface area contributed by atoms with Crippen LogP contribution in [0.5, 0.6) is 0 Å². The van der Waals surface area contributed by atoms with E-state index in [4.69, 9.17) is 23.7 Å². The van der Waals surface area contributed by atoms with E-state index in [1.165, 1.54) is 32.9 Å². The van der Waals surface area contributed by atoms with E-state index in [1.54, 1.807) is 76.2 Å². The van der Waals surface area contributed by atoms with Gasteiger partial charge in [0.25, 0.3) is 0 Å². The maximum Gasteiger partial charge on any atom is 0.408 e. The Labute approximate surface area is 335 Å². The van der Waals surface area contributed by atoms with Crippen molar-refractivity contribution in [2.45, 2.75) is 127 Å². The first-order chi connectivity index (χ1) is 27.1. The summed E-state index contributed by atoms with van der Waals surface area (Å²) in [5.74, 6) is -5.25. The topological polar surface area (TPSA) is 224 Å². The summed E-state index contributed by atoms with van der Waals surface area (Å²) in [5.41, 5.74) is -9.91. The minimum Gasteiger partial charge on any atom is -0.456 e. The molecule has 1 aliphatic heterocycles. The highest BCUT2D eigenvalue weighted by atomic mass is 16.6. The van der Waals surface area contributed by atoms with Crippen LogP contribution in [0.2, 0.25) is 0 Å². The number of Topliss-reactive ketones (excluding diaryl/α,β-unsaturated/α-hetero) is 1. The third kappa shape index (κ3) is 5.99. The second-order valence-electron chi connectivity index (χ2n) is 17.8. The number of carbonyl (C=O) groups is 5. The molecule has 15 heteroatoms. The van der Waals surface area contributed by atoms with Gasteiger partial charge in [0.05, 0.1) is 35.6 Å². The summed E-state index contributed by atoms with van der Waals surface area (Å²) in [6, 6.07) is 14.7. The normalized spacial score (nSPS) is 37.2.